The minimum absolute atomic E-state index is 0.00587. The number of likely N-dealkylation sites (N-methyl/N-ethyl adjacent to an activating group) is 1. The van der Waals surface area contributed by atoms with Gasteiger partial charge < -0.3 is 15.4 Å². The van der Waals surface area contributed by atoms with Crippen LogP contribution in [0, 0.1) is 0 Å². The highest BCUT2D eigenvalue weighted by Gasteiger charge is 2.37. The first-order chi connectivity index (χ1) is 11.6. The normalized spacial score (nSPS) is 16.6. The van der Waals surface area contributed by atoms with E-state index >= 15 is 0 Å². The summed E-state index contributed by atoms with van der Waals surface area (Å²) in [7, 11) is 1.83. The van der Waals surface area contributed by atoms with E-state index in [9.17, 15) is 4.79 Å². The zero-order chi connectivity index (χ0) is 17.0. The molecule has 2 aromatic rings. The van der Waals surface area contributed by atoms with Gasteiger partial charge in [0.25, 0.3) is 0 Å². The average Bonchev–Trinajstić information content (AvgIpc) is 2.63. The first-order valence-electron chi connectivity index (χ1n) is 8.36. The predicted molar refractivity (Wildman–Crippen MR) is 95.3 cm³/mol. The quantitative estimate of drug-likeness (QED) is 0.941. The molecule has 0 unspecified atom stereocenters. The first-order valence-corrected chi connectivity index (χ1v) is 8.36. The van der Waals surface area contributed by atoms with E-state index in [1.165, 1.54) is 0 Å². The van der Waals surface area contributed by atoms with Crippen LogP contribution in [0.25, 0.3) is 11.1 Å². The summed E-state index contributed by atoms with van der Waals surface area (Å²) in [5.41, 5.74) is 8.96. The van der Waals surface area contributed by atoms with Gasteiger partial charge in [-0.1, -0.05) is 54.6 Å². The molecule has 0 saturated carbocycles. The molecule has 2 aromatic carbocycles. The highest BCUT2D eigenvalue weighted by atomic mass is 16.5. The Morgan fingerprint density at radius 2 is 1.71 bits per heavy atom. The number of nitrogens with two attached hydrogens (primary N) is 1. The van der Waals surface area contributed by atoms with Crippen LogP contribution in [0.5, 0.6) is 0 Å². The molecular weight excluding hydrogens is 300 g/mol. The van der Waals surface area contributed by atoms with Gasteiger partial charge in [-0.3, -0.25) is 4.79 Å². The van der Waals surface area contributed by atoms with Crippen molar-refractivity contribution in [1.82, 2.24) is 4.90 Å². The number of carbonyl (C=O) groups is 1. The molecule has 1 aliphatic rings. The molecule has 1 aliphatic heterocycles. The standard InChI is InChI=1S/C20H24N2O2/c1-22(19(23)20(21)11-13-24-14-12-20)15-17-9-5-6-10-18(17)16-7-3-2-4-8-16/h2-10H,11-15,21H2,1H3. The number of rotatable bonds is 4. The molecule has 0 radical (unpaired) electrons. The van der Waals surface area contributed by atoms with Gasteiger partial charge in [0.1, 0.15) is 0 Å². The minimum atomic E-state index is -0.797. The molecule has 0 bridgehead atoms. The molecular formula is C20H24N2O2. The maximum Gasteiger partial charge on any atom is 0.242 e. The predicted octanol–water partition coefficient (Wildman–Crippen LogP) is 2.82. The van der Waals surface area contributed by atoms with Crippen LogP contribution in [-0.2, 0) is 16.1 Å². The monoisotopic (exact) mass is 324 g/mol. The molecule has 2 N–H and O–H groups in total. The van der Waals surface area contributed by atoms with Crippen LogP contribution in [0.15, 0.2) is 54.6 Å². The fraction of sp³-hybridized carbons (Fsp3) is 0.350. The van der Waals surface area contributed by atoms with Gasteiger partial charge >= 0.3 is 0 Å². The van der Waals surface area contributed by atoms with Crippen molar-refractivity contribution in [3.8, 4) is 11.1 Å². The molecule has 1 fully saturated rings. The maximum absolute atomic E-state index is 12.8. The van der Waals surface area contributed by atoms with Crippen molar-refractivity contribution in [2.45, 2.75) is 24.9 Å². The second-order valence-corrected chi connectivity index (χ2v) is 6.45. The Kier molecular flexibility index (Phi) is 4.97. The lowest BCUT2D eigenvalue weighted by atomic mass is 9.89. The Morgan fingerprint density at radius 1 is 1.08 bits per heavy atom. The molecule has 0 atom stereocenters. The number of hydrogen-bond acceptors (Lipinski definition) is 3. The van der Waals surface area contributed by atoms with Crippen molar-refractivity contribution in [2.75, 3.05) is 20.3 Å². The van der Waals surface area contributed by atoms with Crippen molar-refractivity contribution in [3.63, 3.8) is 0 Å². The summed E-state index contributed by atoms with van der Waals surface area (Å²) in [4.78, 5) is 14.6. The lowest BCUT2D eigenvalue weighted by Gasteiger charge is -2.35. The van der Waals surface area contributed by atoms with E-state index in [1.807, 2.05) is 37.4 Å². The average molecular weight is 324 g/mol. The van der Waals surface area contributed by atoms with E-state index in [0.717, 1.165) is 16.7 Å². The molecule has 3 rings (SSSR count). The Labute approximate surface area is 143 Å². The second kappa shape index (κ2) is 7.16. The van der Waals surface area contributed by atoms with Crippen LogP contribution in [0.2, 0.25) is 0 Å². The zero-order valence-electron chi connectivity index (χ0n) is 14.1. The Hall–Kier alpha value is -2.17. The number of carbonyl (C=O) groups excluding carboxylic acids is 1. The third-order valence-electron chi connectivity index (χ3n) is 4.67. The number of ether oxygens (including phenoxy) is 1. The smallest absolute Gasteiger partial charge is 0.242 e. The Balaban J connectivity index is 1.80. The molecule has 1 heterocycles. The van der Waals surface area contributed by atoms with Crippen molar-refractivity contribution in [2.24, 2.45) is 5.73 Å². The first kappa shape index (κ1) is 16.7. The van der Waals surface area contributed by atoms with E-state index in [4.69, 9.17) is 10.5 Å². The van der Waals surface area contributed by atoms with Crippen molar-refractivity contribution < 1.29 is 9.53 Å². The van der Waals surface area contributed by atoms with E-state index in [0.29, 0.717) is 32.6 Å². The molecule has 4 heteroatoms. The van der Waals surface area contributed by atoms with Crippen LogP contribution < -0.4 is 5.73 Å². The van der Waals surface area contributed by atoms with Gasteiger partial charge in [0.15, 0.2) is 0 Å². The van der Waals surface area contributed by atoms with E-state index in [2.05, 4.69) is 24.3 Å². The minimum Gasteiger partial charge on any atom is -0.381 e. The molecule has 4 nitrogen and oxygen atoms in total. The largest absolute Gasteiger partial charge is 0.381 e. The molecule has 126 valence electrons. The van der Waals surface area contributed by atoms with E-state index < -0.39 is 5.54 Å². The highest BCUT2D eigenvalue weighted by Crippen LogP contribution is 2.26. The van der Waals surface area contributed by atoms with Gasteiger partial charge in [0.05, 0.1) is 5.54 Å². The van der Waals surface area contributed by atoms with Crippen molar-refractivity contribution in [1.29, 1.82) is 0 Å². The number of nitrogens with zero attached hydrogens (tertiary/aromatic N) is 1. The fourth-order valence-electron chi connectivity index (χ4n) is 3.21. The van der Waals surface area contributed by atoms with Gasteiger partial charge in [0, 0.05) is 26.8 Å². The lowest BCUT2D eigenvalue weighted by Crippen LogP contribution is -2.57. The molecule has 1 saturated heterocycles. The molecule has 1 amide bonds. The number of hydrogen-bond donors (Lipinski definition) is 1. The van der Waals surface area contributed by atoms with Crippen molar-refractivity contribution >= 4 is 5.91 Å². The maximum atomic E-state index is 12.8. The Bertz CT molecular complexity index is 694. The van der Waals surface area contributed by atoms with Crippen LogP contribution >= 0.6 is 0 Å². The van der Waals surface area contributed by atoms with Gasteiger partial charge in [-0.15, -0.1) is 0 Å². The van der Waals surface area contributed by atoms with Crippen molar-refractivity contribution in [3.05, 3.63) is 60.2 Å². The third-order valence-corrected chi connectivity index (χ3v) is 4.67. The van der Waals surface area contributed by atoms with Gasteiger partial charge in [-0.05, 0) is 29.5 Å². The van der Waals surface area contributed by atoms with Gasteiger partial charge in [-0.25, -0.2) is 0 Å². The zero-order valence-corrected chi connectivity index (χ0v) is 14.1. The van der Waals surface area contributed by atoms with Crippen LogP contribution in [0.1, 0.15) is 18.4 Å². The molecule has 0 aromatic heterocycles. The summed E-state index contributed by atoms with van der Waals surface area (Å²) in [6, 6.07) is 18.4. The summed E-state index contributed by atoms with van der Waals surface area (Å²) >= 11 is 0. The fourth-order valence-corrected chi connectivity index (χ4v) is 3.21. The second-order valence-electron chi connectivity index (χ2n) is 6.45. The van der Waals surface area contributed by atoms with Gasteiger partial charge in [0.2, 0.25) is 5.91 Å². The summed E-state index contributed by atoms with van der Waals surface area (Å²) in [6.45, 7) is 1.65. The third kappa shape index (κ3) is 3.50. The highest BCUT2D eigenvalue weighted by molar-refractivity contribution is 5.86. The van der Waals surface area contributed by atoms with E-state index in [1.54, 1.807) is 4.90 Å². The van der Waals surface area contributed by atoms with E-state index in [-0.39, 0.29) is 5.91 Å². The molecule has 0 aliphatic carbocycles. The van der Waals surface area contributed by atoms with Crippen LogP contribution in [0.4, 0.5) is 0 Å². The van der Waals surface area contributed by atoms with Crippen LogP contribution in [-0.4, -0.2) is 36.6 Å². The summed E-state index contributed by atoms with van der Waals surface area (Å²) < 4.78 is 5.34. The molecule has 0 spiro atoms. The molecule has 24 heavy (non-hydrogen) atoms. The Morgan fingerprint density at radius 3 is 2.42 bits per heavy atom. The lowest BCUT2D eigenvalue weighted by molar-refractivity contribution is -0.139. The summed E-state index contributed by atoms with van der Waals surface area (Å²) in [5.74, 6) is -0.00587. The van der Waals surface area contributed by atoms with Gasteiger partial charge in [-0.2, -0.15) is 0 Å². The SMILES string of the molecule is CN(Cc1ccccc1-c1ccccc1)C(=O)C1(N)CCOCC1. The van der Waals surface area contributed by atoms with Crippen LogP contribution in [0.3, 0.4) is 0 Å². The summed E-state index contributed by atoms with van der Waals surface area (Å²) in [5, 5.41) is 0. The number of benzene rings is 2. The number of amides is 1. The topological polar surface area (TPSA) is 55.6 Å². The summed E-state index contributed by atoms with van der Waals surface area (Å²) in [6.07, 6.45) is 1.16.